The van der Waals surface area contributed by atoms with Gasteiger partial charge in [0.1, 0.15) is 56.1 Å². The van der Waals surface area contributed by atoms with Gasteiger partial charge >= 0.3 is 103 Å². The summed E-state index contributed by atoms with van der Waals surface area (Å²) in [5, 5.41) is 21.7. The Kier molecular flexibility index (Phi) is 38.0. The van der Waals surface area contributed by atoms with Gasteiger partial charge in [0.05, 0.1) is 47.5 Å². The SMILES string of the molecule is C.CC(C)c1ccccc1S.COc1cc2c(cc1-c1c(C)noc1C)[nH]c1nc(C)nc(Cl)c12.COc1cc2c(cc1-c1c(C)noc1C)[nH]c1nc(C)nc(Sc3ccccc3C(C)C)c12.O=CO[O-].S=S=S=S=S=S=S=S=S=S=S=S=S.[H-].[K+].[K+]. The zero-order chi connectivity index (χ0) is 61.0. The molecule has 0 aliphatic carbocycles. The molecule has 0 aliphatic rings. The Labute approximate surface area is 648 Å². The first-order valence-electron chi connectivity index (χ1n) is 24.5. The van der Waals surface area contributed by atoms with Crippen LogP contribution in [0.1, 0.15) is 94.1 Å². The van der Waals surface area contributed by atoms with Gasteiger partial charge in [-0.05, 0) is 101 Å². The van der Waals surface area contributed by atoms with Gasteiger partial charge in [-0.25, -0.2) is 19.9 Å². The monoisotopic (exact) mass is 1520 g/mol. The van der Waals surface area contributed by atoms with Crippen LogP contribution in [0.3, 0.4) is 0 Å². The molecule has 15 nitrogen and oxygen atoms in total. The van der Waals surface area contributed by atoms with Crippen molar-refractivity contribution in [1.29, 1.82) is 0 Å². The number of benzene rings is 4. The maximum atomic E-state index is 8.64. The number of nitrogens with zero attached hydrogens (tertiary/aromatic N) is 6. The minimum absolute atomic E-state index is 0. The molecule has 10 aromatic rings. The Balaban J connectivity index is 0.000000421. The molecule has 10 rings (SSSR count). The first kappa shape index (κ1) is 80.4. The second kappa shape index (κ2) is 41.1. The number of thiol groups is 1. The van der Waals surface area contributed by atoms with Crippen molar-refractivity contribution in [1.82, 2.24) is 40.2 Å². The number of aromatic amines is 2. The van der Waals surface area contributed by atoms with Gasteiger partial charge in [-0.1, -0.05) is 105 Å². The molecule has 87 heavy (non-hydrogen) atoms. The standard InChI is InChI=1S/C26H26N4O2S.C17H15ClN4O2.C9H12S.CH2O3.CH4.2K.S13.H/c1-13(2)17-9-7-8-10-22(17)33-26-24-18-12-21(31-6)19(23-14(3)30-32-15(23)4)11-20(18)29-25(24)27-16(5)28-26;1-7-14(8(2)24-22-7)11-5-12-10(6-13(11)23-4)15-16(18)19-9(3)20-17(15)21-12;1-7(2)8-5-3-4-6-9(8)10;2-1-4-3;;;;1-3-5-7-9-11-13-12-10-8-6-4-2;/h7-13H,1-6H3,(H,27,28,29);5-6H,1-4H3,(H,19,20,21);3-7,10H,1-2H3;1,3H;1H4;;;;/q;;;;;2*+1;;-1/p-1. The molecule has 0 amide bonds. The summed E-state index contributed by atoms with van der Waals surface area (Å²) < 4.78 is 22.1. The van der Waals surface area contributed by atoms with E-state index in [1.807, 2.05) is 65.8 Å². The van der Waals surface area contributed by atoms with E-state index in [0.717, 1.165) is 111 Å². The van der Waals surface area contributed by atoms with Gasteiger partial charge < -0.3 is 40.1 Å². The van der Waals surface area contributed by atoms with Crippen molar-refractivity contribution in [3.05, 3.63) is 124 Å². The molecular formula is C54H59ClK2N8O7S15. The van der Waals surface area contributed by atoms with Crippen LogP contribution in [0.5, 0.6) is 11.5 Å². The van der Waals surface area contributed by atoms with Crippen molar-refractivity contribution in [3.63, 3.8) is 0 Å². The predicted molar refractivity (Wildman–Crippen MR) is 383 cm³/mol. The van der Waals surface area contributed by atoms with Gasteiger partial charge in [0.15, 0.2) is 0 Å². The molecule has 4 aromatic carbocycles. The van der Waals surface area contributed by atoms with Crippen molar-refractivity contribution in [3.8, 4) is 33.8 Å². The average Bonchev–Trinajstić information content (AvgIpc) is 1.70. The number of ether oxygens (including phenoxy) is 2. The van der Waals surface area contributed by atoms with E-state index in [2.05, 4.69) is 124 Å². The summed E-state index contributed by atoms with van der Waals surface area (Å²) in [5.74, 6) is 5.34. The summed E-state index contributed by atoms with van der Waals surface area (Å²) in [6, 6.07) is 24.8. The number of fused-ring (bicyclic) bond motifs is 6. The molecule has 2 N–H and O–H groups in total. The zero-order valence-corrected chi connectivity index (χ0v) is 68.1. The van der Waals surface area contributed by atoms with Crippen LogP contribution in [0.2, 0.25) is 5.15 Å². The molecule has 0 aliphatic heterocycles. The molecule has 456 valence electrons. The number of hydrogen-bond donors (Lipinski definition) is 3. The molecule has 0 unspecified atom stereocenters. The number of carbonyl (C=O) groups excluding carboxylic acids is 1. The minimum Gasteiger partial charge on any atom is -1.00 e. The van der Waals surface area contributed by atoms with E-state index in [4.69, 9.17) is 72.5 Å². The van der Waals surface area contributed by atoms with E-state index < -0.39 is 0 Å². The molecule has 0 bridgehead atoms. The van der Waals surface area contributed by atoms with Gasteiger partial charge in [-0.15, -0.1) is 12.6 Å². The van der Waals surface area contributed by atoms with Crippen LogP contribution in [0.15, 0.2) is 96.7 Å². The van der Waals surface area contributed by atoms with Crippen LogP contribution in [-0.4, -0.2) is 60.9 Å². The fourth-order valence-electron chi connectivity index (χ4n) is 8.55. The van der Waals surface area contributed by atoms with Crippen molar-refractivity contribution >= 4 is 206 Å². The first-order chi connectivity index (χ1) is 40.4. The van der Waals surface area contributed by atoms with Gasteiger partial charge in [0, 0.05) is 163 Å². The smallest absolute Gasteiger partial charge is 1.00 e. The quantitative estimate of drug-likeness (QED) is 0.0318. The van der Waals surface area contributed by atoms with E-state index in [1.165, 1.54) is 33.8 Å². The molecule has 0 atom stereocenters. The third kappa shape index (κ3) is 22.4. The second-order valence-corrected chi connectivity index (χ2v) is 39.2. The van der Waals surface area contributed by atoms with Crippen LogP contribution >= 0.6 is 36.0 Å². The van der Waals surface area contributed by atoms with Crippen LogP contribution in [0, 0.1) is 41.5 Å². The van der Waals surface area contributed by atoms with Crippen LogP contribution in [-0.2, 0) is 130 Å². The molecule has 6 aromatic heterocycles. The van der Waals surface area contributed by atoms with E-state index in [-0.39, 0.29) is 118 Å². The summed E-state index contributed by atoms with van der Waals surface area (Å²) in [7, 11) is 21.4. The maximum absolute atomic E-state index is 8.64. The fraction of sp³-hybridized carbons (Fsp3) is 0.278. The number of halogens is 1. The number of hydrogen-bond acceptors (Lipinski definition) is 17. The van der Waals surface area contributed by atoms with Crippen LogP contribution in [0.25, 0.3) is 66.1 Å². The normalized spacial score (nSPS) is 10.1. The van der Waals surface area contributed by atoms with Crippen molar-refractivity contribution in [2.24, 2.45) is 0 Å². The van der Waals surface area contributed by atoms with E-state index >= 15 is 0 Å². The third-order valence-corrected chi connectivity index (χ3v) is 35.9. The van der Waals surface area contributed by atoms with E-state index in [1.54, 1.807) is 106 Å². The molecule has 0 saturated carbocycles. The van der Waals surface area contributed by atoms with Crippen molar-refractivity contribution in [2.45, 2.75) is 103 Å². The third-order valence-electron chi connectivity index (χ3n) is 11.9. The molecule has 33 heteroatoms. The van der Waals surface area contributed by atoms with Crippen molar-refractivity contribution < 1.29 is 138 Å². The van der Waals surface area contributed by atoms with E-state index in [9.17, 15) is 0 Å². The predicted octanol–water partition coefficient (Wildman–Crippen LogP) is 7.59. The molecule has 6 heterocycles. The number of H-pyrrole nitrogens is 2. The number of aryl methyl sites for hydroxylation is 6. The summed E-state index contributed by atoms with van der Waals surface area (Å²) >= 11 is 21.8. The number of rotatable bonds is 9. The van der Waals surface area contributed by atoms with Gasteiger partial charge in [-0.3, -0.25) is 4.79 Å². The fourth-order valence-corrected chi connectivity index (χ4v) is 35.2. The Bertz CT molecular complexity index is 4470. The minimum atomic E-state index is -0.181. The number of aromatic nitrogens is 8. The van der Waals surface area contributed by atoms with E-state index in [0.29, 0.717) is 28.5 Å². The molecule has 0 radical (unpaired) electrons. The molecular weight excluding hydrogens is 1470 g/mol. The summed E-state index contributed by atoms with van der Waals surface area (Å²) in [6.45, 7) is 20.0. The zero-order valence-electron chi connectivity index (χ0n) is 49.7. The Morgan fingerprint density at radius 2 is 1.05 bits per heavy atom. The number of carbonyl (C=O) groups is 1. The summed E-state index contributed by atoms with van der Waals surface area (Å²) in [4.78, 5) is 38.6. The maximum Gasteiger partial charge on any atom is 1.00 e. The molecule has 0 spiro atoms. The number of nitrogens with one attached hydrogen (secondary N) is 2. The summed E-state index contributed by atoms with van der Waals surface area (Å²) in [6.07, 6.45) is 0. The molecule has 0 fully saturated rings. The average molecular weight is 1530 g/mol. The van der Waals surface area contributed by atoms with Crippen LogP contribution < -0.4 is 118 Å². The topological polar surface area (TPSA) is 203 Å². The molecule has 0 saturated heterocycles. The van der Waals surface area contributed by atoms with Gasteiger partial charge in [0.2, 0.25) is 0 Å². The number of methoxy groups -OCH3 is 2. The van der Waals surface area contributed by atoms with Gasteiger partial charge in [0.25, 0.3) is 6.47 Å². The van der Waals surface area contributed by atoms with Gasteiger partial charge in [-0.2, -0.15) is 0 Å². The largest absolute Gasteiger partial charge is 1.00 e. The van der Waals surface area contributed by atoms with Crippen molar-refractivity contribution in [2.75, 3.05) is 14.2 Å². The Hall–Kier alpha value is -0.787. The second-order valence-electron chi connectivity index (χ2n) is 17.9. The Morgan fingerprint density at radius 3 is 1.45 bits per heavy atom. The Morgan fingerprint density at radius 1 is 0.632 bits per heavy atom. The van der Waals surface area contributed by atoms with Crippen LogP contribution in [0.4, 0.5) is 0 Å². The summed E-state index contributed by atoms with van der Waals surface area (Å²) in [5.41, 5.74) is 11.4. The first-order valence-corrected chi connectivity index (χ1v) is 42.2.